The van der Waals surface area contributed by atoms with Gasteiger partial charge in [0, 0.05) is 48.0 Å². The van der Waals surface area contributed by atoms with Gasteiger partial charge in [0.2, 0.25) is 0 Å². The number of nitrogens with one attached hydrogen (secondary N) is 3. The van der Waals surface area contributed by atoms with Crippen LogP contribution in [0.2, 0.25) is 0 Å². The molecule has 12 heteroatoms. The van der Waals surface area contributed by atoms with Crippen LogP contribution in [-0.4, -0.2) is 48.1 Å². The van der Waals surface area contributed by atoms with Crippen molar-refractivity contribution in [2.45, 2.75) is 35.5 Å². The Balaban J connectivity index is 1.64. The number of hydrogen-bond donors (Lipinski definition) is 3. The summed E-state index contributed by atoms with van der Waals surface area (Å²) in [5.41, 5.74) is -2.26. The third-order valence-corrected chi connectivity index (χ3v) is 9.27. The number of rotatable bonds is 7. The Bertz CT molecular complexity index is 1650. The van der Waals surface area contributed by atoms with E-state index in [1.54, 1.807) is 36.2 Å². The molecule has 8 heterocycles. The van der Waals surface area contributed by atoms with Gasteiger partial charge in [-0.2, -0.15) is 15.3 Å². The van der Waals surface area contributed by atoms with Crippen molar-refractivity contribution in [2.75, 3.05) is 11.7 Å². The summed E-state index contributed by atoms with van der Waals surface area (Å²) >= 11 is 1.58. The van der Waals surface area contributed by atoms with Crippen LogP contribution in [0.25, 0.3) is 0 Å². The molecule has 11 nitrogen and oxygen atoms in total. The molecular formula is C29H26N8O3S. The zero-order valence-electron chi connectivity index (χ0n) is 21.8. The first-order valence-corrected chi connectivity index (χ1v) is 14.3. The molecule has 8 rings (SSSR count). The maximum atomic E-state index is 7.49. The number of furan rings is 1. The van der Waals surface area contributed by atoms with Crippen LogP contribution in [0.3, 0.4) is 0 Å². The van der Waals surface area contributed by atoms with Gasteiger partial charge in [0.05, 0.1) is 18.6 Å². The summed E-state index contributed by atoms with van der Waals surface area (Å²) in [5.74, 6) is 1.92. The minimum absolute atomic E-state index is 0.399. The normalized spacial score (nSPS) is 28.0. The number of aromatic amines is 3. The van der Waals surface area contributed by atoms with E-state index in [-0.39, 0.29) is 0 Å². The number of nitrogens with zero attached hydrogens (tertiary/aromatic N) is 5. The van der Waals surface area contributed by atoms with Gasteiger partial charge in [-0.15, -0.1) is 11.3 Å². The second kappa shape index (κ2) is 9.26. The molecule has 0 saturated carbocycles. The van der Waals surface area contributed by atoms with Gasteiger partial charge >= 0.3 is 0 Å². The minimum Gasteiger partial charge on any atom is -0.468 e. The molecule has 3 N–H and O–H groups in total. The maximum absolute atomic E-state index is 7.49. The Morgan fingerprint density at radius 3 is 2.63 bits per heavy atom. The maximum Gasteiger partial charge on any atom is 0.195 e. The van der Waals surface area contributed by atoms with Crippen LogP contribution in [0, 0.1) is 0 Å². The highest BCUT2D eigenvalue weighted by atomic mass is 32.1. The topological polar surface area (TPSA) is 134 Å². The first-order chi connectivity index (χ1) is 20.3. The molecule has 6 aromatic rings. The molecule has 4 atom stereocenters. The molecular weight excluding hydrogens is 540 g/mol. The summed E-state index contributed by atoms with van der Waals surface area (Å²) < 4.78 is 13.2. The number of thiophene rings is 1. The number of hydrogen-bond acceptors (Lipinski definition) is 9. The van der Waals surface area contributed by atoms with Gasteiger partial charge in [-0.3, -0.25) is 9.94 Å². The summed E-state index contributed by atoms with van der Waals surface area (Å²) in [6, 6.07) is 17.7. The van der Waals surface area contributed by atoms with Crippen molar-refractivity contribution >= 4 is 17.2 Å². The van der Waals surface area contributed by atoms with Crippen molar-refractivity contribution < 1.29 is 14.0 Å². The molecule has 2 aliphatic heterocycles. The van der Waals surface area contributed by atoms with E-state index in [1.807, 2.05) is 65.3 Å². The molecule has 0 aromatic carbocycles. The summed E-state index contributed by atoms with van der Waals surface area (Å²) in [7, 11) is 0. The standard InChI is InChI=1S/C29H26N8O3S/c1-6-20(30-12-1)27(22-8-3-17-38-22)28(23-9-4-18-39-23,26-31-15-16-32-26)37(25-11-14-34-36-25)40-29(27,24-10-5-19-41-24)21-7-2-13-33-35-21/h1-3,5-8,10-17,19,23,30H,4,9,18H2,(H,31,32)(H,34,36). The Hall–Kier alpha value is -4.52. The number of aromatic nitrogens is 7. The zero-order valence-corrected chi connectivity index (χ0v) is 22.6. The van der Waals surface area contributed by atoms with Gasteiger partial charge in [-0.25, -0.2) is 10.0 Å². The van der Waals surface area contributed by atoms with Gasteiger partial charge < -0.3 is 19.1 Å². The molecule has 2 saturated heterocycles. The van der Waals surface area contributed by atoms with Crippen LogP contribution in [0.5, 0.6) is 0 Å². The first kappa shape index (κ1) is 24.3. The monoisotopic (exact) mass is 566 g/mol. The fourth-order valence-electron chi connectivity index (χ4n) is 6.99. The average Bonchev–Trinajstić information content (AvgIpc) is 3.86. The van der Waals surface area contributed by atoms with Crippen LogP contribution in [0.4, 0.5) is 5.82 Å². The molecule has 0 amide bonds. The average molecular weight is 567 g/mol. The Kier molecular flexibility index (Phi) is 5.49. The van der Waals surface area contributed by atoms with Gasteiger partial charge in [0.1, 0.15) is 28.5 Å². The van der Waals surface area contributed by atoms with E-state index in [1.165, 1.54) is 0 Å². The SMILES string of the molecule is c1cnnc(C2(c3cccs3)ON(c3ccn[nH]3)C(c3ncc[nH]3)(C3CCCO3)C2(c2ccc[nH]2)c2ccco2)c1. The largest absolute Gasteiger partial charge is 0.468 e. The minimum atomic E-state index is -1.32. The lowest BCUT2D eigenvalue weighted by Crippen LogP contribution is -2.65. The second-order valence-corrected chi connectivity index (χ2v) is 11.1. The lowest BCUT2D eigenvalue weighted by atomic mass is 9.53. The summed E-state index contributed by atoms with van der Waals surface area (Å²) in [5, 5.41) is 20.5. The van der Waals surface area contributed by atoms with Crippen LogP contribution in [-0.2, 0) is 26.1 Å². The van der Waals surface area contributed by atoms with E-state index in [4.69, 9.17) is 24.1 Å². The Labute approximate surface area is 238 Å². The lowest BCUT2D eigenvalue weighted by Gasteiger charge is -2.50. The molecule has 4 unspecified atom stereocenters. The van der Waals surface area contributed by atoms with Gasteiger partial charge in [0.25, 0.3) is 0 Å². The zero-order chi connectivity index (χ0) is 27.3. The highest BCUT2D eigenvalue weighted by molar-refractivity contribution is 7.10. The Morgan fingerprint density at radius 2 is 1.98 bits per heavy atom. The van der Waals surface area contributed by atoms with E-state index in [2.05, 4.69) is 37.4 Å². The molecule has 6 aromatic heterocycles. The predicted molar refractivity (Wildman–Crippen MR) is 149 cm³/mol. The molecule has 0 spiro atoms. The van der Waals surface area contributed by atoms with Crippen molar-refractivity contribution in [3.8, 4) is 0 Å². The van der Waals surface area contributed by atoms with E-state index in [9.17, 15) is 0 Å². The number of ether oxygens (including phenoxy) is 1. The van der Waals surface area contributed by atoms with Crippen molar-refractivity contribution in [1.82, 2.24) is 35.3 Å². The third-order valence-electron chi connectivity index (χ3n) is 8.30. The second-order valence-electron chi connectivity index (χ2n) is 10.1. The van der Waals surface area contributed by atoms with Crippen molar-refractivity contribution in [3.63, 3.8) is 0 Å². The van der Waals surface area contributed by atoms with Crippen LogP contribution >= 0.6 is 11.3 Å². The van der Waals surface area contributed by atoms with E-state index in [0.29, 0.717) is 29.7 Å². The van der Waals surface area contributed by atoms with E-state index < -0.39 is 22.7 Å². The molecule has 2 aliphatic rings. The molecule has 0 aliphatic carbocycles. The lowest BCUT2D eigenvalue weighted by molar-refractivity contribution is -0.0161. The number of anilines is 1. The molecule has 41 heavy (non-hydrogen) atoms. The molecule has 206 valence electrons. The van der Waals surface area contributed by atoms with Crippen LogP contribution in [0.15, 0.2) is 102 Å². The molecule has 0 bridgehead atoms. The van der Waals surface area contributed by atoms with Crippen molar-refractivity contribution in [3.05, 3.63) is 125 Å². The summed E-state index contributed by atoms with van der Waals surface area (Å²) in [6.07, 6.45) is 11.8. The predicted octanol–water partition coefficient (Wildman–Crippen LogP) is 4.66. The number of imidazole rings is 1. The third kappa shape index (κ3) is 3.03. The highest BCUT2D eigenvalue weighted by Crippen LogP contribution is 2.70. The number of hydroxylamine groups is 1. The quantitative estimate of drug-likeness (QED) is 0.254. The summed E-state index contributed by atoms with van der Waals surface area (Å²) in [4.78, 5) is 20.4. The first-order valence-electron chi connectivity index (χ1n) is 13.4. The van der Waals surface area contributed by atoms with Gasteiger partial charge in [-0.1, -0.05) is 6.07 Å². The van der Waals surface area contributed by atoms with Gasteiger partial charge in [0.15, 0.2) is 11.1 Å². The fourth-order valence-corrected chi connectivity index (χ4v) is 7.91. The Morgan fingerprint density at radius 1 is 0.976 bits per heavy atom. The van der Waals surface area contributed by atoms with Crippen LogP contribution < -0.4 is 5.06 Å². The summed E-state index contributed by atoms with van der Waals surface area (Å²) in [6.45, 7) is 0.597. The smallest absolute Gasteiger partial charge is 0.195 e. The van der Waals surface area contributed by atoms with Crippen molar-refractivity contribution in [1.29, 1.82) is 0 Å². The van der Waals surface area contributed by atoms with Crippen LogP contribution in [0.1, 0.15) is 40.7 Å². The molecule has 2 fully saturated rings. The molecule has 0 radical (unpaired) electrons. The van der Waals surface area contributed by atoms with Crippen molar-refractivity contribution in [2.24, 2.45) is 0 Å². The fraction of sp³-hybridized carbons (Fsp3) is 0.241. The van der Waals surface area contributed by atoms with E-state index in [0.717, 1.165) is 23.4 Å². The highest BCUT2D eigenvalue weighted by Gasteiger charge is 2.83. The number of H-pyrrole nitrogens is 3. The van der Waals surface area contributed by atoms with Gasteiger partial charge in [-0.05, 0) is 60.7 Å². The van der Waals surface area contributed by atoms with E-state index >= 15 is 0 Å².